The molecule has 4 aromatic rings. The number of carbonyl (C=O) groups is 2. The fraction of sp³-hybridized carbons (Fsp3) is 0.281. The van der Waals surface area contributed by atoms with Gasteiger partial charge in [-0.25, -0.2) is 4.98 Å². The minimum atomic E-state index is -0.701. The van der Waals surface area contributed by atoms with Crippen LogP contribution in [0.1, 0.15) is 27.4 Å². The molecule has 2 aliphatic rings. The molecule has 0 unspecified atom stereocenters. The van der Waals surface area contributed by atoms with Crippen molar-refractivity contribution >= 4 is 40.5 Å². The van der Waals surface area contributed by atoms with Crippen molar-refractivity contribution in [3.05, 3.63) is 94.4 Å². The highest BCUT2D eigenvalue weighted by molar-refractivity contribution is 6.47. The molecule has 0 aliphatic carbocycles. The zero-order valence-electron chi connectivity index (χ0n) is 23.2. The van der Waals surface area contributed by atoms with E-state index in [0.717, 1.165) is 60.2 Å². The quantitative estimate of drug-likeness (QED) is 0.244. The number of halogens is 1. The average Bonchev–Trinajstić information content (AvgIpc) is 3.37. The summed E-state index contributed by atoms with van der Waals surface area (Å²) in [6.45, 7) is 8.77. The van der Waals surface area contributed by atoms with Crippen molar-refractivity contribution in [1.82, 2.24) is 9.55 Å². The number of nitrogens with one attached hydrogen (secondary N) is 1. The van der Waals surface area contributed by atoms with Crippen LogP contribution < -0.4 is 15.1 Å². The van der Waals surface area contributed by atoms with Crippen LogP contribution in [-0.4, -0.2) is 54.0 Å². The summed E-state index contributed by atoms with van der Waals surface area (Å²) in [5.41, 5.74) is 6.47. The van der Waals surface area contributed by atoms with E-state index in [1.54, 1.807) is 12.1 Å². The molecule has 6 rings (SSSR count). The van der Waals surface area contributed by atoms with Crippen LogP contribution in [-0.2, 0) is 22.7 Å². The second kappa shape index (κ2) is 11.4. The van der Waals surface area contributed by atoms with Crippen molar-refractivity contribution in [3.8, 4) is 11.1 Å². The van der Waals surface area contributed by atoms with E-state index in [9.17, 15) is 9.59 Å². The van der Waals surface area contributed by atoms with Gasteiger partial charge in [0.25, 0.3) is 11.7 Å². The number of nitrogens with zero attached hydrogens (tertiary/aromatic N) is 4. The van der Waals surface area contributed by atoms with Crippen LogP contribution in [0.2, 0.25) is 5.02 Å². The number of ketones is 1. The van der Waals surface area contributed by atoms with Crippen molar-refractivity contribution in [1.29, 1.82) is 0 Å². The lowest BCUT2D eigenvalue weighted by Crippen LogP contribution is -2.47. The Bertz CT molecular complexity index is 1590. The molecule has 9 heteroatoms. The molecule has 2 aromatic carbocycles. The first-order valence-corrected chi connectivity index (χ1v) is 14.2. The second-order valence-corrected chi connectivity index (χ2v) is 10.9. The second-order valence-electron chi connectivity index (χ2n) is 10.5. The smallest absolute Gasteiger partial charge is 0.298 e. The molecular weight excluding hydrogens is 538 g/mol. The van der Waals surface area contributed by atoms with Crippen LogP contribution >= 0.6 is 11.6 Å². The summed E-state index contributed by atoms with van der Waals surface area (Å²) in [4.78, 5) is 36.0. The van der Waals surface area contributed by atoms with Crippen molar-refractivity contribution in [2.75, 3.05) is 47.9 Å². The number of fused-ring (bicyclic) bond motifs is 1. The van der Waals surface area contributed by atoms with E-state index in [0.29, 0.717) is 36.2 Å². The highest BCUT2D eigenvalue weighted by atomic mass is 35.5. The molecule has 0 spiro atoms. The van der Waals surface area contributed by atoms with Gasteiger partial charge in [0.15, 0.2) is 0 Å². The maximum Gasteiger partial charge on any atom is 0.298 e. The summed E-state index contributed by atoms with van der Waals surface area (Å²) in [5.74, 6) is -0.288. The SMILES string of the molecule is Cc1cc(C)nc(N2CCN(c3ccc(NC(=O)C(=O)c4c(-c5ccccc5)cc5n4CCOC5)cc3Cl)CC2)c1. The third-order valence-electron chi connectivity index (χ3n) is 7.63. The van der Waals surface area contributed by atoms with Gasteiger partial charge in [-0.3, -0.25) is 9.59 Å². The monoisotopic (exact) mass is 569 g/mol. The summed E-state index contributed by atoms with van der Waals surface area (Å²) in [6, 6.07) is 21.2. The topological polar surface area (TPSA) is 79.7 Å². The van der Waals surface area contributed by atoms with Gasteiger partial charge in [0.2, 0.25) is 0 Å². The maximum atomic E-state index is 13.5. The Morgan fingerprint density at radius 3 is 2.39 bits per heavy atom. The Morgan fingerprint density at radius 2 is 1.66 bits per heavy atom. The molecule has 4 heterocycles. The largest absolute Gasteiger partial charge is 0.373 e. The zero-order valence-corrected chi connectivity index (χ0v) is 23.9. The van der Waals surface area contributed by atoms with Crippen molar-refractivity contribution in [3.63, 3.8) is 0 Å². The molecule has 2 aromatic heterocycles. The number of hydrogen-bond acceptors (Lipinski definition) is 6. The Balaban J connectivity index is 1.16. The molecule has 1 fully saturated rings. The van der Waals surface area contributed by atoms with Gasteiger partial charge in [-0.15, -0.1) is 0 Å². The van der Waals surface area contributed by atoms with Gasteiger partial charge < -0.3 is 24.4 Å². The molecule has 1 saturated heterocycles. The van der Waals surface area contributed by atoms with E-state index in [4.69, 9.17) is 21.3 Å². The van der Waals surface area contributed by atoms with Crippen molar-refractivity contribution in [2.45, 2.75) is 27.0 Å². The molecule has 0 bridgehead atoms. The molecule has 2 aliphatic heterocycles. The minimum Gasteiger partial charge on any atom is -0.373 e. The highest BCUT2D eigenvalue weighted by Gasteiger charge is 2.29. The number of aromatic nitrogens is 2. The fourth-order valence-electron chi connectivity index (χ4n) is 5.69. The summed E-state index contributed by atoms with van der Waals surface area (Å²) >= 11 is 6.70. The first-order valence-electron chi connectivity index (χ1n) is 13.8. The lowest BCUT2D eigenvalue weighted by atomic mass is 10.0. The molecular formula is C32H32ClN5O3. The predicted molar refractivity (Wildman–Crippen MR) is 162 cm³/mol. The van der Waals surface area contributed by atoms with Gasteiger partial charge in [-0.1, -0.05) is 41.9 Å². The van der Waals surface area contributed by atoms with Gasteiger partial charge in [-0.05, 0) is 61.4 Å². The Labute approximate surface area is 244 Å². The van der Waals surface area contributed by atoms with E-state index in [1.807, 2.05) is 54.0 Å². The van der Waals surface area contributed by atoms with Crippen molar-refractivity contribution < 1.29 is 14.3 Å². The van der Waals surface area contributed by atoms with Gasteiger partial charge >= 0.3 is 0 Å². The Hall–Kier alpha value is -4.14. The number of piperazine rings is 1. The third-order valence-corrected chi connectivity index (χ3v) is 7.93. The molecule has 41 heavy (non-hydrogen) atoms. The van der Waals surface area contributed by atoms with Crippen molar-refractivity contribution in [2.24, 2.45) is 0 Å². The lowest BCUT2D eigenvalue weighted by molar-refractivity contribution is -0.112. The van der Waals surface area contributed by atoms with E-state index in [1.165, 1.54) is 5.56 Å². The number of rotatable bonds is 6. The standard InChI is InChI=1S/C32H32ClN5O3/c1-21-16-22(2)34-29(17-21)37-12-10-36(11-13-37)28-9-8-24(18-27(28)33)35-32(40)31(39)30-26(23-6-4-3-5-7-23)19-25-20-41-15-14-38(25)30/h3-9,16-19H,10-15,20H2,1-2H3,(H,35,40). The predicted octanol–water partition coefficient (Wildman–Crippen LogP) is 5.50. The Kier molecular flexibility index (Phi) is 7.51. The molecule has 0 radical (unpaired) electrons. The number of benzene rings is 2. The first-order chi connectivity index (χ1) is 19.9. The summed E-state index contributed by atoms with van der Waals surface area (Å²) in [7, 11) is 0. The molecule has 8 nitrogen and oxygen atoms in total. The van der Waals surface area contributed by atoms with Crippen LogP contribution in [0.15, 0.2) is 66.7 Å². The van der Waals surface area contributed by atoms with Crippen LogP contribution in [0.5, 0.6) is 0 Å². The van der Waals surface area contributed by atoms with E-state index < -0.39 is 11.7 Å². The van der Waals surface area contributed by atoms with Gasteiger partial charge in [0.05, 0.1) is 23.9 Å². The molecule has 210 valence electrons. The van der Waals surface area contributed by atoms with Gasteiger partial charge in [0, 0.05) is 55.4 Å². The summed E-state index contributed by atoms with van der Waals surface area (Å²) in [5, 5.41) is 3.30. The fourth-order valence-corrected chi connectivity index (χ4v) is 5.99. The number of hydrogen-bond donors (Lipinski definition) is 1. The van der Waals surface area contributed by atoms with Crippen LogP contribution in [0.25, 0.3) is 11.1 Å². The molecule has 1 N–H and O–H groups in total. The first kappa shape index (κ1) is 27.1. The maximum absolute atomic E-state index is 13.5. The summed E-state index contributed by atoms with van der Waals surface area (Å²) in [6.07, 6.45) is 0. The number of amides is 1. The van der Waals surface area contributed by atoms with E-state index >= 15 is 0 Å². The van der Waals surface area contributed by atoms with E-state index in [2.05, 4.69) is 34.2 Å². The van der Waals surface area contributed by atoms with Crippen LogP contribution in [0, 0.1) is 13.8 Å². The zero-order chi connectivity index (χ0) is 28.5. The number of ether oxygens (including phenoxy) is 1. The lowest BCUT2D eigenvalue weighted by Gasteiger charge is -2.37. The van der Waals surface area contributed by atoms with E-state index in [-0.39, 0.29) is 0 Å². The number of anilines is 3. The minimum absolute atomic E-state index is 0.380. The number of carbonyl (C=O) groups excluding carboxylic acids is 2. The molecule has 0 saturated carbocycles. The highest BCUT2D eigenvalue weighted by Crippen LogP contribution is 2.32. The normalized spacial score (nSPS) is 15.0. The van der Waals surface area contributed by atoms with Crippen LogP contribution in [0.4, 0.5) is 17.2 Å². The number of aryl methyl sites for hydroxylation is 2. The average molecular weight is 570 g/mol. The summed E-state index contributed by atoms with van der Waals surface area (Å²) < 4.78 is 7.49. The molecule has 1 amide bonds. The van der Waals surface area contributed by atoms with Gasteiger partial charge in [-0.2, -0.15) is 0 Å². The number of Topliss-reactive ketones (excluding diaryl/α,β-unsaturated/α-hetero) is 1. The third kappa shape index (κ3) is 5.58. The van der Waals surface area contributed by atoms with Crippen LogP contribution in [0.3, 0.4) is 0 Å². The Morgan fingerprint density at radius 1 is 0.902 bits per heavy atom. The number of pyridine rings is 1. The molecule has 0 atom stereocenters. The van der Waals surface area contributed by atoms with Gasteiger partial charge in [0.1, 0.15) is 11.5 Å².